The molecule has 1 fully saturated rings. The molecule has 7 nitrogen and oxygen atoms in total. The number of nitrogens with one attached hydrogen (secondary N) is 2. The summed E-state index contributed by atoms with van der Waals surface area (Å²) in [4.78, 5) is 29.9. The molecule has 4 rings (SSSR count). The maximum absolute atomic E-state index is 12.7. The van der Waals surface area contributed by atoms with Gasteiger partial charge in [-0.1, -0.05) is 17.7 Å². The normalized spacial score (nSPS) is 17.9. The van der Waals surface area contributed by atoms with E-state index in [-0.39, 0.29) is 11.9 Å². The number of aryl methyl sites for hydroxylation is 1. The van der Waals surface area contributed by atoms with Gasteiger partial charge in [-0.25, -0.2) is 15.0 Å². The monoisotopic (exact) mass is 308 g/mol. The molecule has 1 saturated heterocycles. The molecule has 3 heterocycles. The molecule has 3 aromatic rings. The van der Waals surface area contributed by atoms with Crippen molar-refractivity contribution >= 4 is 28.6 Å². The predicted octanol–water partition coefficient (Wildman–Crippen LogP) is 1.88. The number of rotatable bonds is 3. The smallest absolute Gasteiger partial charge is 0.249 e. The largest absolute Gasteiger partial charge is 0.356 e. The molecule has 1 amide bonds. The van der Waals surface area contributed by atoms with E-state index in [2.05, 4.69) is 25.3 Å². The summed E-state index contributed by atoms with van der Waals surface area (Å²) in [5, 5.41) is 3.22. The number of aromatic nitrogens is 4. The lowest BCUT2D eigenvalue weighted by Crippen LogP contribution is -2.33. The number of imidazole rings is 1. The quantitative estimate of drug-likeness (QED) is 0.771. The van der Waals surface area contributed by atoms with E-state index in [9.17, 15) is 4.79 Å². The lowest BCUT2D eigenvalue weighted by molar-refractivity contribution is -0.117. The van der Waals surface area contributed by atoms with Crippen molar-refractivity contribution in [3.8, 4) is 0 Å². The Morgan fingerprint density at radius 3 is 2.87 bits per heavy atom. The minimum atomic E-state index is -0.294. The van der Waals surface area contributed by atoms with Crippen LogP contribution in [-0.4, -0.2) is 38.4 Å². The van der Waals surface area contributed by atoms with Crippen LogP contribution in [-0.2, 0) is 4.79 Å². The van der Waals surface area contributed by atoms with E-state index in [0.717, 1.165) is 12.1 Å². The van der Waals surface area contributed by atoms with Crippen LogP contribution >= 0.6 is 0 Å². The molecule has 7 heteroatoms. The first-order valence-electron chi connectivity index (χ1n) is 7.51. The Morgan fingerprint density at radius 1 is 1.22 bits per heavy atom. The Bertz CT molecular complexity index is 856. The topological polar surface area (TPSA) is 86.8 Å². The van der Waals surface area contributed by atoms with Gasteiger partial charge in [-0.15, -0.1) is 0 Å². The summed E-state index contributed by atoms with van der Waals surface area (Å²) in [6, 6.07) is 7.70. The Hall–Kier alpha value is -2.96. The lowest BCUT2D eigenvalue weighted by Gasteiger charge is -2.17. The van der Waals surface area contributed by atoms with Gasteiger partial charge in [0.25, 0.3) is 0 Å². The molecule has 1 aliphatic rings. The number of carbonyl (C=O) groups excluding carboxylic acids is 1. The van der Waals surface area contributed by atoms with Gasteiger partial charge >= 0.3 is 0 Å². The number of aromatic amines is 1. The zero-order valence-corrected chi connectivity index (χ0v) is 12.7. The second-order valence-corrected chi connectivity index (χ2v) is 5.63. The Labute approximate surface area is 132 Å². The average Bonchev–Trinajstić information content (AvgIpc) is 3.17. The van der Waals surface area contributed by atoms with Gasteiger partial charge in [0.15, 0.2) is 11.5 Å². The molecule has 1 atom stereocenters. The van der Waals surface area contributed by atoms with Crippen molar-refractivity contribution in [2.24, 2.45) is 0 Å². The summed E-state index contributed by atoms with van der Waals surface area (Å²) in [7, 11) is 0. The first-order valence-corrected chi connectivity index (χ1v) is 7.51. The summed E-state index contributed by atoms with van der Waals surface area (Å²) in [5.41, 5.74) is 3.41. The molecule has 0 bridgehead atoms. The van der Waals surface area contributed by atoms with Crippen molar-refractivity contribution < 1.29 is 4.79 Å². The number of fused-ring (bicyclic) bond motifs is 1. The van der Waals surface area contributed by atoms with Gasteiger partial charge < -0.3 is 15.2 Å². The van der Waals surface area contributed by atoms with Crippen LogP contribution in [0.25, 0.3) is 11.2 Å². The molecular formula is C16H16N6O. The van der Waals surface area contributed by atoms with Gasteiger partial charge in [0.2, 0.25) is 5.91 Å². The highest BCUT2D eigenvalue weighted by molar-refractivity contribution is 6.01. The summed E-state index contributed by atoms with van der Waals surface area (Å²) in [6.07, 6.45) is 3.74. The van der Waals surface area contributed by atoms with Gasteiger partial charge in [0.1, 0.15) is 17.9 Å². The third-order valence-electron chi connectivity index (χ3n) is 4.09. The Morgan fingerprint density at radius 2 is 2.04 bits per heavy atom. The fraction of sp³-hybridized carbons (Fsp3) is 0.250. The van der Waals surface area contributed by atoms with Crippen molar-refractivity contribution in [1.29, 1.82) is 0 Å². The summed E-state index contributed by atoms with van der Waals surface area (Å²) in [5.74, 6) is 0.664. The van der Waals surface area contributed by atoms with Crippen molar-refractivity contribution in [3.05, 3.63) is 42.5 Å². The van der Waals surface area contributed by atoms with Crippen molar-refractivity contribution in [1.82, 2.24) is 19.9 Å². The Balaban J connectivity index is 1.56. The van der Waals surface area contributed by atoms with Crippen LogP contribution in [0.2, 0.25) is 0 Å². The molecule has 0 saturated carbocycles. The van der Waals surface area contributed by atoms with Gasteiger partial charge in [-0.3, -0.25) is 4.79 Å². The van der Waals surface area contributed by atoms with Crippen molar-refractivity contribution in [3.63, 3.8) is 0 Å². The van der Waals surface area contributed by atoms with Crippen LogP contribution < -0.4 is 10.2 Å². The number of carbonyl (C=O) groups is 1. The number of amides is 1. The summed E-state index contributed by atoms with van der Waals surface area (Å²) in [6.45, 7) is 2.72. The van der Waals surface area contributed by atoms with Gasteiger partial charge in [0, 0.05) is 12.2 Å². The third kappa shape index (κ3) is 2.40. The molecule has 1 aromatic carbocycles. The number of nitrogens with zero attached hydrogens (tertiary/aromatic N) is 4. The fourth-order valence-electron chi connectivity index (χ4n) is 2.83. The molecule has 0 radical (unpaired) electrons. The highest BCUT2D eigenvalue weighted by atomic mass is 16.2. The van der Waals surface area contributed by atoms with Gasteiger partial charge in [-0.05, 0) is 25.5 Å². The maximum Gasteiger partial charge on any atom is 0.249 e. The highest BCUT2D eigenvalue weighted by Gasteiger charge is 2.33. The highest BCUT2D eigenvalue weighted by Crippen LogP contribution is 2.25. The first-order chi connectivity index (χ1) is 11.2. The standard InChI is InChI=1S/C16H16N6O/c1-10-2-4-11(5-3-10)22-7-6-12(16(22)23)21-15-13-14(18-8-17-13)19-9-20-15/h2-5,8-9,12H,6-7H2,1H3,(H2,17,18,19,20,21)/t12-/m1/s1. The van der Waals surface area contributed by atoms with Crippen LogP contribution in [0, 0.1) is 6.92 Å². The molecule has 116 valence electrons. The van der Waals surface area contributed by atoms with Crippen molar-refractivity contribution in [2.45, 2.75) is 19.4 Å². The summed E-state index contributed by atoms with van der Waals surface area (Å²) < 4.78 is 0. The van der Waals surface area contributed by atoms with E-state index in [1.54, 1.807) is 6.33 Å². The molecular weight excluding hydrogens is 292 g/mol. The second kappa shape index (κ2) is 5.35. The van der Waals surface area contributed by atoms with Crippen LogP contribution in [0.3, 0.4) is 0 Å². The number of benzene rings is 1. The van der Waals surface area contributed by atoms with Crippen LogP contribution in [0.5, 0.6) is 0 Å². The molecule has 2 N–H and O–H groups in total. The van der Waals surface area contributed by atoms with E-state index in [1.165, 1.54) is 11.9 Å². The van der Waals surface area contributed by atoms with Crippen LogP contribution in [0.15, 0.2) is 36.9 Å². The summed E-state index contributed by atoms with van der Waals surface area (Å²) >= 11 is 0. The Kier molecular flexibility index (Phi) is 3.18. The molecule has 0 unspecified atom stereocenters. The van der Waals surface area contributed by atoms with Gasteiger partial charge in [-0.2, -0.15) is 0 Å². The predicted molar refractivity (Wildman–Crippen MR) is 87.2 cm³/mol. The SMILES string of the molecule is Cc1ccc(N2CC[C@@H](Nc3ncnc4nc[nH]c34)C2=O)cc1. The minimum Gasteiger partial charge on any atom is -0.356 e. The van der Waals surface area contributed by atoms with E-state index >= 15 is 0 Å². The second-order valence-electron chi connectivity index (χ2n) is 5.63. The van der Waals surface area contributed by atoms with E-state index in [0.29, 0.717) is 23.5 Å². The van der Waals surface area contributed by atoms with Crippen LogP contribution in [0.4, 0.5) is 11.5 Å². The van der Waals surface area contributed by atoms with E-state index < -0.39 is 0 Å². The zero-order chi connectivity index (χ0) is 15.8. The first kappa shape index (κ1) is 13.7. The van der Waals surface area contributed by atoms with Crippen LogP contribution in [0.1, 0.15) is 12.0 Å². The van der Waals surface area contributed by atoms with Gasteiger partial charge in [0.05, 0.1) is 6.33 Å². The molecule has 0 spiro atoms. The van der Waals surface area contributed by atoms with E-state index in [1.807, 2.05) is 36.1 Å². The number of H-pyrrole nitrogens is 1. The average molecular weight is 308 g/mol. The zero-order valence-electron chi connectivity index (χ0n) is 12.7. The number of hydrogen-bond donors (Lipinski definition) is 2. The van der Waals surface area contributed by atoms with E-state index in [4.69, 9.17) is 0 Å². The molecule has 2 aromatic heterocycles. The lowest BCUT2D eigenvalue weighted by atomic mass is 10.2. The number of hydrogen-bond acceptors (Lipinski definition) is 5. The molecule has 0 aliphatic carbocycles. The van der Waals surface area contributed by atoms with Crippen molar-refractivity contribution in [2.75, 3.05) is 16.8 Å². The molecule has 23 heavy (non-hydrogen) atoms. The minimum absolute atomic E-state index is 0.0557. The number of anilines is 2. The fourth-order valence-corrected chi connectivity index (χ4v) is 2.83. The third-order valence-corrected chi connectivity index (χ3v) is 4.09. The maximum atomic E-state index is 12.7. The molecule has 1 aliphatic heterocycles.